The minimum Gasteiger partial charge on any atom is -0.486 e. The van der Waals surface area contributed by atoms with E-state index in [2.05, 4.69) is 15.4 Å². The molecule has 0 amide bonds. The smallest absolute Gasteiger partial charge is 0.163 e. The number of ether oxygens (including phenoxy) is 2. The van der Waals surface area contributed by atoms with Crippen molar-refractivity contribution in [3.63, 3.8) is 0 Å². The number of nitrogens with zero attached hydrogens (tertiary/aromatic N) is 3. The van der Waals surface area contributed by atoms with Gasteiger partial charge in [0.25, 0.3) is 0 Å². The van der Waals surface area contributed by atoms with E-state index in [1.165, 1.54) is 0 Å². The van der Waals surface area contributed by atoms with Gasteiger partial charge in [-0.05, 0) is 19.1 Å². The molecule has 0 atom stereocenters. The van der Waals surface area contributed by atoms with Gasteiger partial charge in [-0.3, -0.25) is 0 Å². The van der Waals surface area contributed by atoms with Crippen LogP contribution in [0, 0.1) is 0 Å². The predicted molar refractivity (Wildman–Crippen MR) is 70.5 cm³/mol. The summed E-state index contributed by atoms with van der Waals surface area (Å²) in [5, 5.41) is 7.45. The van der Waals surface area contributed by atoms with Crippen molar-refractivity contribution in [2.24, 2.45) is 0 Å². The normalized spacial score (nSPS) is 13.3. The first-order chi connectivity index (χ1) is 9.36. The van der Waals surface area contributed by atoms with Crippen molar-refractivity contribution in [1.82, 2.24) is 14.8 Å². The Morgan fingerprint density at radius 1 is 1.26 bits per heavy atom. The van der Waals surface area contributed by atoms with Gasteiger partial charge in [0.1, 0.15) is 25.4 Å². The molecule has 1 aromatic heterocycles. The van der Waals surface area contributed by atoms with Crippen molar-refractivity contribution in [2.45, 2.75) is 20.0 Å². The first-order valence-corrected chi connectivity index (χ1v) is 6.37. The average Bonchev–Trinajstić information content (AvgIpc) is 2.92. The highest BCUT2D eigenvalue weighted by molar-refractivity contribution is 5.55. The molecule has 1 N–H and O–H groups in total. The molecule has 0 fully saturated rings. The second kappa shape index (κ2) is 5.17. The average molecular weight is 260 g/mol. The maximum absolute atomic E-state index is 5.55. The molecule has 0 saturated heterocycles. The molecule has 2 heterocycles. The van der Waals surface area contributed by atoms with Gasteiger partial charge in [0.2, 0.25) is 0 Å². The van der Waals surface area contributed by atoms with Crippen LogP contribution in [0.5, 0.6) is 11.5 Å². The van der Waals surface area contributed by atoms with Gasteiger partial charge in [0.15, 0.2) is 11.5 Å². The van der Waals surface area contributed by atoms with E-state index in [1.807, 2.05) is 29.8 Å². The van der Waals surface area contributed by atoms with Crippen molar-refractivity contribution in [2.75, 3.05) is 18.5 Å². The molecule has 2 aromatic rings. The van der Waals surface area contributed by atoms with E-state index in [4.69, 9.17) is 9.47 Å². The molecular formula is C13H16N4O2. The molecule has 0 unspecified atom stereocenters. The Morgan fingerprint density at radius 2 is 2.11 bits per heavy atom. The van der Waals surface area contributed by atoms with E-state index in [-0.39, 0.29) is 0 Å². The van der Waals surface area contributed by atoms with Crippen LogP contribution in [0.25, 0.3) is 0 Å². The largest absolute Gasteiger partial charge is 0.486 e. The Morgan fingerprint density at radius 3 is 2.95 bits per heavy atom. The Kier molecular flexibility index (Phi) is 3.22. The summed E-state index contributed by atoms with van der Waals surface area (Å²) in [6, 6.07) is 5.84. The molecule has 0 radical (unpaired) electrons. The number of aromatic nitrogens is 3. The summed E-state index contributed by atoms with van der Waals surface area (Å²) in [6.07, 6.45) is 1.57. The molecule has 6 heteroatoms. The fourth-order valence-corrected chi connectivity index (χ4v) is 2.02. The molecule has 1 aliphatic rings. The molecular weight excluding hydrogens is 244 g/mol. The molecule has 3 rings (SSSR count). The number of rotatable bonds is 4. The van der Waals surface area contributed by atoms with Gasteiger partial charge in [0.05, 0.1) is 6.54 Å². The van der Waals surface area contributed by atoms with Crippen molar-refractivity contribution in [1.29, 1.82) is 0 Å². The third-order valence-corrected chi connectivity index (χ3v) is 2.99. The number of benzene rings is 1. The van der Waals surface area contributed by atoms with Gasteiger partial charge in [-0.25, -0.2) is 9.67 Å². The van der Waals surface area contributed by atoms with Crippen LogP contribution < -0.4 is 14.8 Å². The van der Waals surface area contributed by atoms with Crippen molar-refractivity contribution < 1.29 is 9.47 Å². The first-order valence-electron chi connectivity index (χ1n) is 6.37. The summed E-state index contributed by atoms with van der Waals surface area (Å²) in [4.78, 5) is 4.22. The lowest BCUT2D eigenvalue weighted by atomic mass is 10.2. The lowest BCUT2D eigenvalue weighted by Crippen LogP contribution is -2.15. The second-order valence-electron chi connectivity index (χ2n) is 4.20. The minimum absolute atomic E-state index is 0.598. The zero-order valence-electron chi connectivity index (χ0n) is 10.8. The van der Waals surface area contributed by atoms with Crippen molar-refractivity contribution >= 4 is 5.69 Å². The van der Waals surface area contributed by atoms with Gasteiger partial charge in [-0.2, -0.15) is 5.10 Å². The highest BCUT2D eigenvalue weighted by Gasteiger charge is 2.11. The molecule has 1 aliphatic heterocycles. The van der Waals surface area contributed by atoms with E-state index in [1.54, 1.807) is 6.33 Å². The summed E-state index contributed by atoms with van der Waals surface area (Å²) < 4.78 is 12.9. The van der Waals surface area contributed by atoms with Crippen LogP contribution in [0.2, 0.25) is 0 Å². The first kappa shape index (κ1) is 11.8. The SMILES string of the molecule is CCn1ncnc1CNc1ccc2c(c1)OCCO2. The molecule has 1 aromatic carbocycles. The maximum Gasteiger partial charge on any atom is 0.163 e. The summed E-state index contributed by atoms with van der Waals surface area (Å²) in [7, 11) is 0. The number of nitrogens with one attached hydrogen (secondary N) is 1. The van der Waals surface area contributed by atoms with Crippen LogP contribution in [0.4, 0.5) is 5.69 Å². The molecule has 0 saturated carbocycles. The summed E-state index contributed by atoms with van der Waals surface area (Å²) >= 11 is 0. The van der Waals surface area contributed by atoms with Crippen LogP contribution in [0.15, 0.2) is 24.5 Å². The zero-order chi connectivity index (χ0) is 13.1. The van der Waals surface area contributed by atoms with E-state index >= 15 is 0 Å². The lowest BCUT2D eigenvalue weighted by Gasteiger charge is -2.19. The topological polar surface area (TPSA) is 61.2 Å². The van der Waals surface area contributed by atoms with Gasteiger partial charge >= 0.3 is 0 Å². The van der Waals surface area contributed by atoms with E-state index in [0.717, 1.165) is 29.6 Å². The van der Waals surface area contributed by atoms with Gasteiger partial charge in [0, 0.05) is 18.3 Å². The zero-order valence-corrected chi connectivity index (χ0v) is 10.8. The van der Waals surface area contributed by atoms with Crippen LogP contribution in [-0.4, -0.2) is 28.0 Å². The predicted octanol–water partition coefficient (Wildman–Crippen LogP) is 1.68. The Labute approximate surface area is 111 Å². The van der Waals surface area contributed by atoms with E-state index in [0.29, 0.717) is 19.8 Å². The van der Waals surface area contributed by atoms with Crippen LogP contribution >= 0.6 is 0 Å². The fourth-order valence-electron chi connectivity index (χ4n) is 2.02. The molecule has 0 bridgehead atoms. The fraction of sp³-hybridized carbons (Fsp3) is 0.385. The molecule has 0 spiro atoms. The molecule has 100 valence electrons. The number of fused-ring (bicyclic) bond motifs is 1. The number of hydrogen-bond acceptors (Lipinski definition) is 5. The Bertz CT molecular complexity index is 568. The standard InChI is InChI=1S/C13H16N4O2/c1-2-17-13(15-9-16-17)8-14-10-3-4-11-12(7-10)19-6-5-18-11/h3-4,7,9,14H,2,5-6,8H2,1H3. The Balaban J connectivity index is 1.70. The highest BCUT2D eigenvalue weighted by atomic mass is 16.6. The number of aryl methyl sites for hydroxylation is 1. The van der Waals surface area contributed by atoms with Gasteiger partial charge in [-0.15, -0.1) is 0 Å². The Hall–Kier alpha value is -2.24. The quantitative estimate of drug-likeness (QED) is 0.906. The lowest BCUT2D eigenvalue weighted by molar-refractivity contribution is 0.171. The van der Waals surface area contributed by atoms with Crippen molar-refractivity contribution in [3.05, 3.63) is 30.4 Å². The number of hydrogen-bond donors (Lipinski definition) is 1. The molecule has 6 nitrogen and oxygen atoms in total. The second-order valence-corrected chi connectivity index (χ2v) is 4.20. The van der Waals surface area contributed by atoms with Crippen LogP contribution in [0.1, 0.15) is 12.7 Å². The summed E-state index contributed by atoms with van der Waals surface area (Å²) in [6.45, 7) is 4.70. The van der Waals surface area contributed by atoms with Crippen LogP contribution in [0.3, 0.4) is 0 Å². The van der Waals surface area contributed by atoms with Gasteiger partial charge in [-0.1, -0.05) is 0 Å². The van der Waals surface area contributed by atoms with E-state index in [9.17, 15) is 0 Å². The third kappa shape index (κ3) is 2.47. The van der Waals surface area contributed by atoms with Gasteiger partial charge < -0.3 is 14.8 Å². The highest BCUT2D eigenvalue weighted by Crippen LogP contribution is 2.32. The molecule has 19 heavy (non-hydrogen) atoms. The molecule has 0 aliphatic carbocycles. The number of anilines is 1. The van der Waals surface area contributed by atoms with Crippen molar-refractivity contribution in [3.8, 4) is 11.5 Å². The minimum atomic E-state index is 0.598. The van der Waals surface area contributed by atoms with Crippen LogP contribution in [-0.2, 0) is 13.1 Å². The monoisotopic (exact) mass is 260 g/mol. The maximum atomic E-state index is 5.55. The third-order valence-electron chi connectivity index (χ3n) is 2.99. The summed E-state index contributed by atoms with van der Waals surface area (Å²) in [5.41, 5.74) is 0.981. The summed E-state index contributed by atoms with van der Waals surface area (Å²) in [5.74, 6) is 2.50. The van der Waals surface area contributed by atoms with E-state index < -0.39 is 0 Å².